The standard InChI is InChI=1S/C14H22N4S2/c1-7-8(2)15-13-18-17-12(20-13)10-11(14(4,5)6)16-9(3)19-10/h8H,7H2,1-6H3,(H,15,18). The first kappa shape index (κ1) is 15.4. The fraction of sp³-hybridized carbons (Fsp3) is 0.643. The lowest BCUT2D eigenvalue weighted by atomic mass is 9.91. The number of nitrogens with zero attached hydrogens (tertiary/aromatic N) is 3. The molecule has 0 aliphatic carbocycles. The zero-order chi connectivity index (χ0) is 14.9. The van der Waals surface area contributed by atoms with Crippen LogP contribution in [0.5, 0.6) is 0 Å². The number of nitrogens with one attached hydrogen (secondary N) is 1. The van der Waals surface area contributed by atoms with Gasteiger partial charge in [-0.25, -0.2) is 4.98 Å². The Morgan fingerprint density at radius 1 is 1.20 bits per heavy atom. The minimum absolute atomic E-state index is 0.0239. The Kier molecular flexibility index (Phi) is 4.44. The van der Waals surface area contributed by atoms with Crippen LogP contribution in [0.25, 0.3) is 9.88 Å². The van der Waals surface area contributed by atoms with Crippen molar-refractivity contribution in [2.75, 3.05) is 5.32 Å². The van der Waals surface area contributed by atoms with Crippen molar-refractivity contribution in [2.45, 2.75) is 59.4 Å². The lowest BCUT2D eigenvalue weighted by molar-refractivity contribution is 0.573. The Morgan fingerprint density at radius 2 is 1.90 bits per heavy atom. The van der Waals surface area contributed by atoms with Crippen LogP contribution >= 0.6 is 22.7 Å². The van der Waals surface area contributed by atoms with Gasteiger partial charge in [0.15, 0.2) is 5.01 Å². The highest BCUT2D eigenvalue weighted by atomic mass is 32.1. The van der Waals surface area contributed by atoms with Crippen LogP contribution in [0.3, 0.4) is 0 Å². The Morgan fingerprint density at radius 3 is 2.50 bits per heavy atom. The number of thiazole rings is 1. The van der Waals surface area contributed by atoms with E-state index in [4.69, 9.17) is 0 Å². The lowest BCUT2D eigenvalue weighted by Crippen LogP contribution is -2.13. The largest absolute Gasteiger partial charge is 0.358 e. The fourth-order valence-corrected chi connectivity index (χ4v) is 3.82. The van der Waals surface area contributed by atoms with Gasteiger partial charge >= 0.3 is 0 Å². The molecule has 2 aromatic heterocycles. The molecule has 2 heterocycles. The Labute approximate surface area is 128 Å². The zero-order valence-corrected chi connectivity index (χ0v) is 14.6. The van der Waals surface area contributed by atoms with Gasteiger partial charge in [0, 0.05) is 11.5 Å². The molecule has 2 rings (SSSR count). The van der Waals surface area contributed by atoms with Gasteiger partial charge < -0.3 is 5.32 Å². The summed E-state index contributed by atoms with van der Waals surface area (Å²) in [5.74, 6) is 0. The van der Waals surface area contributed by atoms with Crippen molar-refractivity contribution in [3.8, 4) is 9.88 Å². The van der Waals surface area contributed by atoms with Crippen LogP contribution in [-0.2, 0) is 5.41 Å². The van der Waals surface area contributed by atoms with Gasteiger partial charge in [0.1, 0.15) is 0 Å². The number of aryl methyl sites for hydroxylation is 1. The summed E-state index contributed by atoms with van der Waals surface area (Å²) in [4.78, 5) is 5.84. The van der Waals surface area contributed by atoms with Gasteiger partial charge in [0.05, 0.1) is 15.6 Å². The molecule has 0 saturated carbocycles. The molecule has 4 nitrogen and oxygen atoms in total. The molecule has 0 bridgehead atoms. The maximum atomic E-state index is 4.68. The smallest absolute Gasteiger partial charge is 0.206 e. The van der Waals surface area contributed by atoms with E-state index < -0.39 is 0 Å². The van der Waals surface area contributed by atoms with Gasteiger partial charge in [-0.1, -0.05) is 39.0 Å². The van der Waals surface area contributed by atoms with Crippen LogP contribution < -0.4 is 5.32 Å². The zero-order valence-electron chi connectivity index (χ0n) is 12.9. The lowest BCUT2D eigenvalue weighted by Gasteiger charge is -2.16. The van der Waals surface area contributed by atoms with E-state index in [9.17, 15) is 0 Å². The maximum absolute atomic E-state index is 4.68. The Hall–Kier alpha value is -1.01. The van der Waals surface area contributed by atoms with E-state index in [0.717, 1.165) is 32.1 Å². The van der Waals surface area contributed by atoms with Gasteiger partial charge in [0.2, 0.25) is 5.13 Å². The molecule has 0 fully saturated rings. The van der Waals surface area contributed by atoms with Gasteiger partial charge in [0.25, 0.3) is 0 Å². The normalized spacial score (nSPS) is 13.5. The predicted octanol–water partition coefficient (Wildman–Crippen LogP) is 4.48. The monoisotopic (exact) mass is 310 g/mol. The molecular formula is C14H22N4S2. The molecule has 0 saturated heterocycles. The summed E-state index contributed by atoms with van der Waals surface area (Å²) in [5, 5.41) is 14.9. The van der Waals surface area contributed by atoms with E-state index in [1.165, 1.54) is 0 Å². The molecule has 0 aliphatic rings. The molecule has 1 N–H and O–H groups in total. The number of aromatic nitrogens is 3. The van der Waals surface area contributed by atoms with Gasteiger partial charge in [-0.15, -0.1) is 21.5 Å². The van der Waals surface area contributed by atoms with Gasteiger partial charge in [-0.2, -0.15) is 0 Å². The SMILES string of the molecule is CCC(C)Nc1nnc(-c2sc(C)nc2C(C)(C)C)s1. The Balaban J connectivity index is 2.33. The summed E-state index contributed by atoms with van der Waals surface area (Å²) in [6.07, 6.45) is 1.07. The number of hydrogen-bond acceptors (Lipinski definition) is 6. The molecule has 0 amide bonds. The molecule has 6 heteroatoms. The van der Waals surface area contributed by atoms with Gasteiger partial charge in [-0.05, 0) is 20.3 Å². The molecule has 0 radical (unpaired) electrons. The topological polar surface area (TPSA) is 50.7 Å². The first-order chi connectivity index (χ1) is 9.31. The van der Waals surface area contributed by atoms with E-state index in [0.29, 0.717) is 6.04 Å². The first-order valence-electron chi connectivity index (χ1n) is 6.89. The quantitative estimate of drug-likeness (QED) is 0.904. The second-order valence-electron chi connectivity index (χ2n) is 6.03. The highest BCUT2D eigenvalue weighted by Gasteiger charge is 2.25. The van der Waals surface area contributed by atoms with E-state index in [-0.39, 0.29) is 5.41 Å². The molecule has 0 aliphatic heterocycles. The number of anilines is 1. The minimum atomic E-state index is 0.0239. The second kappa shape index (κ2) is 5.77. The number of hydrogen-bond donors (Lipinski definition) is 1. The van der Waals surface area contributed by atoms with Crippen LogP contribution in [0.2, 0.25) is 0 Å². The molecule has 2 aromatic rings. The summed E-state index contributed by atoms with van der Waals surface area (Å²) in [7, 11) is 0. The molecule has 0 spiro atoms. The maximum Gasteiger partial charge on any atom is 0.206 e. The molecule has 1 atom stereocenters. The van der Waals surface area contributed by atoms with Crippen molar-refractivity contribution in [3.05, 3.63) is 10.7 Å². The summed E-state index contributed by atoms with van der Waals surface area (Å²) >= 11 is 3.31. The van der Waals surface area contributed by atoms with Crippen molar-refractivity contribution in [1.82, 2.24) is 15.2 Å². The number of rotatable bonds is 4. The summed E-state index contributed by atoms with van der Waals surface area (Å²) < 4.78 is 0. The Bertz CT molecular complexity index is 580. The fourth-order valence-electron chi connectivity index (χ4n) is 1.77. The van der Waals surface area contributed by atoms with Crippen molar-refractivity contribution >= 4 is 27.8 Å². The molecule has 20 heavy (non-hydrogen) atoms. The first-order valence-corrected chi connectivity index (χ1v) is 8.53. The molecule has 1 unspecified atom stereocenters. The summed E-state index contributed by atoms with van der Waals surface area (Å²) in [5.41, 5.74) is 1.14. The third-order valence-electron chi connectivity index (χ3n) is 3.05. The highest BCUT2D eigenvalue weighted by molar-refractivity contribution is 7.23. The molecular weight excluding hydrogens is 288 g/mol. The minimum Gasteiger partial charge on any atom is -0.358 e. The van der Waals surface area contributed by atoms with E-state index in [2.05, 4.69) is 55.1 Å². The highest BCUT2D eigenvalue weighted by Crippen LogP contribution is 2.39. The summed E-state index contributed by atoms with van der Waals surface area (Å²) in [6, 6.07) is 0.418. The van der Waals surface area contributed by atoms with Crippen molar-refractivity contribution in [3.63, 3.8) is 0 Å². The average Bonchev–Trinajstić information content (AvgIpc) is 2.94. The van der Waals surface area contributed by atoms with E-state index >= 15 is 0 Å². The van der Waals surface area contributed by atoms with Crippen LogP contribution in [0, 0.1) is 6.92 Å². The van der Waals surface area contributed by atoms with Crippen molar-refractivity contribution < 1.29 is 0 Å². The van der Waals surface area contributed by atoms with Crippen molar-refractivity contribution in [1.29, 1.82) is 0 Å². The van der Waals surface area contributed by atoms with Gasteiger partial charge in [-0.3, -0.25) is 0 Å². The third kappa shape index (κ3) is 3.35. The third-order valence-corrected chi connectivity index (χ3v) is 5.02. The average molecular weight is 310 g/mol. The van der Waals surface area contributed by atoms with Crippen LogP contribution in [0.4, 0.5) is 5.13 Å². The van der Waals surface area contributed by atoms with Crippen LogP contribution in [0.15, 0.2) is 0 Å². The van der Waals surface area contributed by atoms with Crippen LogP contribution in [0.1, 0.15) is 51.7 Å². The molecule has 0 aromatic carbocycles. The van der Waals surface area contributed by atoms with E-state index in [1.54, 1.807) is 22.7 Å². The van der Waals surface area contributed by atoms with Crippen molar-refractivity contribution in [2.24, 2.45) is 0 Å². The summed E-state index contributed by atoms with van der Waals surface area (Å²) in [6.45, 7) is 12.9. The molecule has 110 valence electrons. The predicted molar refractivity (Wildman–Crippen MR) is 87.8 cm³/mol. The van der Waals surface area contributed by atoms with E-state index in [1.807, 2.05) is 6.92 Å². The second-order valence-corrected chi connectivity index (χ2v) is 8.21. The van der Waals surface area contributed by atoms with Crippen LogP contribution in [-0.4, -0.2) is 21.2 Å².